The molecule has 1 aliphatic rings. The summed E-state index contributed by atoms with van der Waals surface area (Å²) in [7, 11) is 4.75. The lowest BCUT2D eigenvalue weighted by Gasteiger charge is -2.36. The van der Waals surface area contributed by atoms with E-state index in [9.17, 15) is 14.4 Å². The van der Waals surface area contributed by atoms with Crippen molar-refractivity contribution >= 4 is 23.4 Å². The molecule has 0 unspecified atom stereocenters. The number of hydrogen-bond acceptors (Lipinski definition) is 8. The van der Waals surface area contributed by atoms with E-state index in [0.717, 1.165) is 0 Å². The Kier molecular flexibility index (Phi) is 9.05. The molecule has 0 saturated carbocycles. The maximum absolute atomic E-state index is 13.4. The maximum Gasteiger partial charge on any atom is 0.277 e. The zero-order valence-corrected chi connectivity index (χ0v) is 21.6. The number of methoxy groups -OCH3 is 2. The molecule has 36 heavy (non-hydrogen) atoms. The Morgan fingerprint density at radius 3 is 2.58 bits per heavy atom. The van der Waals surface area contributed by atoms with Crippen LogP contribution in [0.25, 0.3) is 0 Å². The number of amides is 3. The first-order valence-corrected chi connectivity index (χ1v) is 11.7. The molecule has 3 atom stereocenters. The van der Waals surface area contributed by atoms with E-state index in [0.29, 0.717) is 30.3 Å². The number of ether oxygens (including phenoxy) is 3. The molecule has 3 rings (SSSR count). The van der Waals surface area contributed by atoms with Gasteiger partial charge in [-0.15, -0.1) is 0 Å². The highest BCUT2D eigenvalue weighted by molar-refractivity contribution is 6.04. The molecule has 1 N–H and O–H groups in total. The third-order valence-electron chi connectivity index (χ3n) is 6.15. The Hall–Kier alpha value is -3.44. The predicted octanol–water partition coefficient (Wildman–Crippen LogP) is 2.21. The largest absolute Gasteiger partial charge is 0.491 e. The van der Waals surface area contributed by atoms with Gasteiger partial charge in [-0.3, -0.25) is 14.4 Å². The van der Waals surface area contributed by atoms with Crippen molar-refractivity contribution in [2.45, 2.75) is 32.9 Å². The van der Waals surface area contributed by atoms with Crippen LogP contribution < -0.4 is 10.1 Å². The van der Waals surface area contributed by atoms with Crippen LogP contribution in [0.1, 0.15) is 40.5 Å². The second-order valence-electron chi connectivity index (χ2n) is 9.06. The van der Waals surface area contributed by atoms with E-state index in [4.69, 9.17) is 18.7 Å². The number of carbonyl (C=O) groups excluding carboxylic acids is 3. The number of carbonyl (C=O) groups is 3. The lowest BCUT2D eigenvalue weighted by atomic mass is 10.0. The number of fused-ring (bicyclic) bond motifs is 1. The number of hydrogen-bond donors (Lipinski definition) is 1. The highest BCUT2D eigenvalue weighted by Crippen LogP contribution is 2.27. The van der Waals surface area contributed by atoms with Crippen molar-refractivity contribution in [1.29, 1.82) is 0 Å². The summed E-state index contributed by atoms with van der Waals surface area (Å²) in [5, 5.41) is 6.46. The topological polar surface area (TPSA) is 123 Å². The number of aromatic nitrogens is 1. The van der Waals surface area contributed by atoms with Crippen LogP contribution in [-0.4, -0.2) is 92.4 Å². The Morgan fingerprint density at radius 1 is 1.19 bits per heavy atom. The average Bonchev–Trinajstić information content (AvgIpc) is 3.29. The van der Waals surface area contributed by atoms with Gasteiger partial charge in [-0.2, -0.15) is 0 Å². The highest BCUT2D eigenvalue weighted by atomic mass is 16.5. The molecular formula is C25H34N4O7. The zero-order chi connectivity index (χ0) is 26.4. The van der Waals surface area contributed by atoms with E-state index in [1.165, 1.54) is 13.2 Å². The van der Waals surface area contributed by atoms with E-state index >= 15 is 0 Å². The summed E-state index contributed by atoms with van der Waals surface area (Å²) in [5.41, 5.74) is 0.807. The van der Waals surface area contributed by atoms with Crippen LogP contribution in [0.15, 0.2) is 28.8 Å². The van der Waals surface area contributed by atoms with Crippen molar-refractivity contribution in [1.82, 2.24) is 15.0 Å². The summed E-state index contributed by atoms with van der Waals surface area (Å²) in [6.45, 7) is 6.39. The highest BCUT2D eigenvalue weighted by Gasteiger charge is 2.30. The van der Waals surface area contributed by atoms with Gasteiger partial charge in [-0.25, -0.2) is 0 Å². The predicted molar refractivity (Wildman–Crippen MR) is 131 cm³/mol. The Labute approximate surface area is 210 Å². The fraction of sp³-hybridized carbons (Fsp3) is 0.520. The van der Waals surface area contributed by atoms with E-state index in [1.807, 2.05) is 13.8 Å². The summed E-state index contributed by atoms with van der Waals surface area (Å²) in [6, 6.07) is 6.06. The number of anilines is 1. The van der Waals surface area contributed by atoms with Crippen LogP contribution in [0, 0.1) is 12.8 Å². The maximum atomic E-state index is 13.4. The molecule has 196 valence electrons. The van der Waals surface area contributed by atoms with Gasteiger partial charge in [0, 0.05) is 52.0 Å². The van der Waals surface area contributed by atoms with Crippen LogP contribution in [0.4, 0.5) is 5.69 Å². The number of nitrogens with zero attached hydrogens (tertiary/aromatic N) is 3. The Morgan fingerprint density at radius 2 is 1.94 bits per heavy atom. The molecule has 0 radical (unpaired) electrons. The van der Waals surface area contributed by atoms with Crippen molar-refractivity contribution in [3.8, 4) is 5.75 Å². The van der Waals surface area contributed by atoms with Crippen LogP contribution in [0.5, 0.6) is 5.75 Å². The van der Waals surface area contributed by atoms with Crippen LogP contribution >= 0.6 is 0 Å². The molecule has 1 aliphatic heterocycles. The quantitative estimate of drug-likeness (QED) is 0.660. The van der Waals surface area contributed by atoms with Crippen molar-refractivity contribution in [3.05, 3.63) is 41.3 Å². The second-order valence-corrected chi connectivity index (χ2v) is 9.06. The standard InChI is InChI=1S/C25H34N4O7/c1-15-11-29(23(30)14-33-5)16(2)13-35-21-8-7-18(26-24(31)20-9-17(3)36-27-20)10-19(21)25(32)28(4)12-22(15)34-6/h7-10,15-16,22H,11-14H2,1-6H3,(H,26,31)/t15-,16+,22+/m1/s1. The molecule has 1 aromatic carbocycles. The van der Waals surface area contributed by atoms with Crippen molar-refractivity contribution < 1.29 is 33.1 Å². The van der Waals surface area contributed by atoms with Gasteiger partial charge in [-0.05, 0) is 32.0 Å². The van der Waals surface area contributed by atoms with Crippen LogP contribution in [0.2, 0.25) is 0 Å². The van der Waals surface area contributed by atoms with Crippen LogP contribution in [-0.2, 0) is 14.3 Å². The number of benzene rings is 1. The molecule has 0 bridgehead atoms. The first-order valence-electron chi connectivity index (χ1n) is 11.7. The molecule has 2 aromatic rings. The molecule has 0 aliphatic carbocycles. The van der Waals surface area contributed by atoms with Gasteiger partial charge in [0.05, 0.1) is 17.7 Å². The van der Waals surface area contributed by atoms with E-state index in [1.54, 1.807) is 49.1 Å². The minimum Gasteiger partial charge on any atom is -0.491 e. The molecule has 2 heterocycles. The number of aryl methyl sites for hydroxylation is 1. The molecule has 11 heteroatoms. The van der Waals surface area contributed by atoms with Gasteiger partial charge in [-0.1, -0.05) is 12.1 Å². The smallest absolute Gasteiger partial charge is 0.277 e. The normalized spacial score (nSPS) is 21.2. The zero-order valence-electron chi connectivity index (χ0n) is 21.6. The molecule has 11 nitrogen and oxygen atoms in total. The van der Waals surface area contributed by atoms with Crippen molar-refractivity contribution in [2.24, 2.45) is 5.92 Å². The molecule has 1 aromatic heterocycles. The Bertz CT molecular complexity index is 1090. The third-order valence-corrected chi connectivity index (χ3v) is 6.15. The molecule has 0 saturated heterocycles. The van der Waals surface area contributed by atoms with Crippen LogP contribution in [0.3, 0.4) is 0 Å². The Balaban J connectivity index is 1.93. The van der Waals surface area contributed by atoms with Crippen molar-refractivity contribution in [3.63, 3.8) is 0 Å². The summed E-state index contributed by atoms with van der Waals surface area (Å²) in [5.74, 6) is -0.112. The lowest BCUT2D eigenvalue weighted by molar-refractivity contribution is -0.139. The molecule has 0 fully saturated rings. The fourth-order valence-corrected chi connectivity index (χ4v) is 4.08. The molecule has 0 spiro atoms. The molecular weight excluding hydrogens is 468 g/mol. The summed E-state index contributed by atoms with van der Waals surface area (Å²) in [6.07, 6.45) is -0.314. The van der Waals surface area contributed by atoms with E-state index < -0.39 is 5.91 Å². The van der Waals surface area contributed by atoms with Gasteiger partial charge >= 0.3 is 0 Å². The first-order chi connectivity index (χ1) is 17.1. The summed E-state index contributed by atoms with van der Waals surface area (Å²) >= 11 is 0. The van der Waals surface area contributed by atoms with Gasteiger partial charge in [0.25, 0.3) is 11.8 Å². The lowest BCUT2D eigenvalue weighted by Crippen LogP contribution is -2.49. The SMILES string of the molecule is COCC(=O)N1C[C@@H](C)[C@@H](OC)CN(C)C(=O)c2cc(NC(=O)c3cc(C)on3)ccc2OC[C@@H]1C. The fourth-order valence-electron chi connectivity index (χ4n) is 4.08. The van der Waals surface area contributed by atoms with Gasteiger partial charge in [0.15, 0.2) is 5.69 Å². The number of rotatable bonds is 5. The van der Waals surface area contributed by atoms with Gasteiger partial charge in [0.2, 0.25) is 5.91 Å². The third kappa shape index (κ3) is 6.41. The average molecular weight is 503 g/mol. The number of nitrogens with one attached hydrogen (secondary N) is 1. The summed E-state index contributed by atoms with van der Waals surface area (Å²) < 4.78 is 21.8. The minimum absolute atomic E-state index is 0.0439. The second kappa shape index (κ2) is 12.0. The molecule has 3 amide bonds. The summed E-state index contributed by atoms with van der Waals surface area (Å²) in [4.78, 5) is 42.0. The van der Waals surface area contributed by atoms with E-state index in [2.05, 4.69) is 10.5 Å². The van der Waals surface area contributed by atoms with E-state index in [-0.39, 0.29) is 54.3 Å². The van der Waals surface area contributed by atoms with Gasteiger partial charge < -0.3 is 33.9 Å². The minimum atomic E-state index is -0.462. The van der Waals surface area contributed by atoms with Crippen molar-refractivity contribution in [2.75, 3.05) is 52.9 Å². The van der Waals surface area contributed by atoms with Gasteiger partial charge in [0.1, 0.15) is 24.7 Å². The number of likely N-dealkylation sites (N-methyl/N-ethyl adjacent to an activating group) is 1. The first kappa shape index (κ1) is 27.2. The monoisotopic (exact) mass is 502 g/mol.